The molecule has 115 heavy (non-hydrogen) atoms. The van der Waals surface area contributed by atoms with E-state index in [0.29, 0.717) is 70.6 Å². The van der Waals surface area contributed by atoms with E-state index in [-0.39, 0.29) is 61.5 Å². The second kappa shape index (κ2) is 53.9. The summed E-state index contributed by atoms with van der Waals surface area (Å²) in [6.45, 7) is 27.7. The predicted molar refractivity (Wildman–Crippen MR) is 448 cm³/mol. The number of carboxylic acids is 1. The maximum atomic E-state index is 12.5. The number of hydrogen-bond acceptors (Lipinski definition) is 20. The lowest BCUT2D eigenvalue weighted by Crippen LogP contribution is -2.44. The van der Waals surface area contributed by atoms with E-state index in [4.69, 9.17) is 47.8 Å². The van der Waals surface area contributed by atoms with Crippen LogP contribution in [0.2, 0.25) is 0 Å². The number of amides is 3. The highest BCUT2D eigenvalue weighted by Gasteiger charge is 2.26. The predicted octanol–water partition coefficient (Wildman–Crippen LogP) is 16.1. The van der Waals surface area contributed by atoms with Crippen molar-refractivity contribution in [3.63, 3.8) is 0 Å². The summed E-state index contributed by atoms with van der Waals surface area (Å²) >= 11 is 0. The highest BCUT2D eigenvalue weighted by atomic mass is 32.2. The van der Waals surface area contributed by atoms with Gasteiger partial charge in [-0.3, -0.25) is 18.6 Å². The lowest BCUT2D eigenvalue weighted by Gasteiger charge is -2.26. The molecule has 24 nitrogen and oxygen atoms in total. The van der Waals surface area contributed by atoms with Crippen molar-refractivity contribution in [1.82, 2.24) is 26.6 Å². The van der Waals surface area contributed by atoms with Gasteiger partial charge in [0.05, 0.1) is 4.90 Å². The standard InChI is InChI=1S/C29H42N2O5.C27H31NO6S.C25H34N2O5.C9H19NO2/c1-6-13-25(27(32)36-29(3,4)5)31-20-22(2)35-26-18-11-10-16-24(26)17-12-19-30-28(33)34-21-23-14-8-7-9-15-23;1-21-14-16-25(17-15-21)35(30,31)33-19-22(2)34-26-13-7-6-11-24(26)12-8-18-28-27(29)32-20-23-9-4-3-5-10-23;1-3-10-22(24(28)29)27-17-19(2)32-23-15-8-7-13-21(23)14-9-16-26-25(30)31-18-20-11-5-4-6-12-20;1-5-6-7(10)8(11)12-9(2,3)4/h7-11,14-16,18,22,25,31H,6,12-13,17,19-21H2,1-5H3,(H,30,33);3-7,9-11,13-17,22H,8,12,18-20H2,1-2H3,(H,28,29);4-8,11-13,15,19,22,27H,3,9-10,14,16-18H2,1-2H3,(H,26,30)(H,28,29);7H,5-6,10H2,1-4H3/t22-,25+;22-;19-,22+;7-/m1110/s1. The van der Waals surface area contributed by atoms with Gasteiger partial charge in [0.25, 0.3) is 10.1 Å². The number of carbonyl (C=O) groups is 6. The van der Waals surface area contributed by atoms with Gasteiger partial charge in [-0.15, -0.1) is 0 Å². The van der Waals surface area contributed by atoms with Gasteiger partial charge in [0.2, 0.25) is 0 Å². The first kappa shape index (κ1) is 97.3. The molecule has 0 saturated heterocycles. The minimum Gasteiger partial charge on any atom is -0.489 e. The number of ether oxygens (including phenoxy) is 8. The van der Waals surface area contributed by atoms with E-state index in [1.807, 2.05) is 247 Å². The third kappa shape index (κ3) is 43.3. The molecule has 7 aromatic carbocycles. The second-order valence-corrected chi connectivity index (χ2v) is 31.4. The molecule has 0 radical (unpaired) electrons. The van der Waals surface area contributed by atoms with Crippen LogP contribution in [0.5, 0.6) is 17.2 Å². The zero-order chi connectivity index (χ0) is 84.4. The van der Waals surface area contributed by atoms with E-state index in [1.54, 1.807) is 19.1 Å². The molecule has 0 saturated carbocycles. The van der Waals surface area contributed by atoms with Crippen LogP contribution in [0.4, 0.5) is 14.4 Å². The Balaban J connectivity index is 0.000000339. The van der Waals surface area contributed by atoms with Gasteiger partial charge in [-0.2, -0.15) is 8.42 Å². The van der Waals surface area contributed by atoms with Crippen LogP contribution >= 0.6 is 0 Å². The Morgan fingerprint density at radius 2 is 0.765 bits per heavy atom. The molecule has 7 aromatic rings. The highest BCUT2D eigenvalue weighted by Crippen LogP contribution is 2.25. The molecule has 7 rings (SSSR count). The monoisotopic (exact) mass is 1610 g/mol. The van der Waals surface area contributed by atoms with Crippen molar-refractivity contribution < 1.29 is 84.4 Å². The molecule has 0 aliphatic carbocycles. The summed E-state index contributed by atoms with van der Waals surface area (Å²) in [5.74, 6) is 0.868. The van der Waals surface area contributed by atoms with Crippen LogP contribution in [-0.2, 0) is 91.5 Å². The quantitative estimate of drug-likeness (QED) is 0.00808. The molecule has 0 unspecified atom stereocenters. The minimum atomic E-state index is -3.85. The number of nitrogens with one attached hydrogen (secondary N) is 5. The number of hydrogen-bond donors (Lipinski definition) is 7. The fourth-order valence-electron chi connectivity index (χ4n) is 10.9. The van der Waals surface area contributed by atoms with Crippen LogP contribution in [-0.4, -0.2) is 137 Å². The van der Waals surface area contributed by atoms with Gasteiger partial charge < -0.3 is 75.3 Å². The minimum absolute atomic E-state index is 0.112. The number of nitrogens with two attached hydrogens (primary N) is 1. The maximum absolute atomic E-state index is 12.5. The van der Waals surface area contributed by atoms with Gasteiger partial charge in [0.15, 0.2) is 0 Å². The summed E-state index contributed by atoms with van der Waals surface area (Å²) in [5.41, 5.74) is 11.5. The molecular formula is C90H126N6O18S. The van der Waals surface area contributed by atoms with Crippen LogP contribution in [0.1, 0.15) is 180 Å². The van der Waals surface area contributed by atoms with Crippen LogP contribution < -0.4 is 46.5 Å². The van der Waals surface area contributed by atoms with E-state index in [1.165, 1.54) is 12.1 Å². The SMILES string of the molecule is CCC[C@H](N)C(=O)OC(C)(C)C.CCC[C@H](NC[C@@H](C)Oc1ccccc1CCCNC(=O)OCc1ccccc1)C(=O)O.CCC[C@H](NC[C@@H](C)Oc1ccccc1CCCNC(=O)OCc1ccccc1)C(=O)OC(C)(C)C.Cc1ccc(S(=O)(=O)OC[C@@H](C)Oc2ccccc2CCCNC(=O)OCc2ccccc2)cc1. The Bertz CT molecular complexity index is 4030. The zero-order valence-corrected chi connectivity index (χ0v) is 70.4. The van der Waals surface area contributed by atoms with Crippen molar-refractivity contribution in [2.24, 2.45) is 5.73 Å². The van der Waals surface area contributed by atoms with Crippen LogP contribution in [0, 0.1) is 6.92 Å². The first-order valence-electron chi connectivity index (χ1n) is 39.8. The van der Waals surface area contributed by atoms with Crippen molar-refractivity contribution in [1.29, 1.82) is 0 Å². The molecule has 0 fully saturated rings. The molecule has 8 N–H and O–H groups in total. The third-order valence-electron chi connectivity index (χ3n) is 16.7. The molecule has 0 aliphatic heterocycles. The van der Waals surface area contributed by atoms with Gasteiger partial charge in [-0.1, -0.05) is 203 Å². The number of aryl methyl sites for hydroxylation is 4. The second-order valence-electron chi connectivity index (χ2n) is 29.7. The summed E-state index contributed by atoms with van der Waals surface area (Å²) in [6.07, 6.45) is 6.79. The van der Waals surface area contributed by atoms with Gasteiger partial charge in [-0.05, 0) is 191 Å². The smallest absolute Gasteiger partial charge is 0.407 e. The number of rotatable bonds is 43. The van der Waals surface area contributed by atoms with E-state index < -0.39 is 63.8 Å². The zero-order valence-electron chi connectivity index (χ0n) is 69.6. The Kier molecular flexibility index (Phi) is 45.6. The Morgan fingerprint density at radius 3 is 1.12 bits per heavy atom. The molecule has 6 atom stereocenters. The van der Waals surface area contributed by atoms with E-state index in [9.17, 15) is 42.3 Å². The Morgan fingerprint density at radius 1 is 0.435 bits per heavy atom. The summed E-state index contributed by atoms with van der Waals surface area (Å²) < 4.78 is 74.5. The van der Waals surface area contributed by atoms with Crippen LogP contribution in [0.15, 0.2) is 193 Å². The van der Waals surface area contributed by atoms with Crippen molar-refractivity contribution >= 4 is 46.3 Å². The molecule has 0 bridgehead atoms. The first-order chi connectivity index (χ1) is 54.9. The van der Waals surface area contributed by atoms with Crippen LogP contribution in [0.25, 0.3) is 0 Å². The molecule has 0 spiro atoms. The largest absolute Gasteiger partial charge is 0.489 e. The number of benzene rings is 7. The van der Waals surface area contributed by atoms with Gasteiger partial charge in [-0.25, -0.2) is 14.4 Å². The van der Waals surface area contributed by atoms with Crippen molar-refractivity contribution in [2.75, 3.05) is 39.3 Å². The van der Waals surface area contributed by atoms with E-state index in [0.717, 1.165) is 95.4 Å². The number of carboxylic acid groups (broad SMARTS) is 1. The fraction of sp³-hybridized carbons (Fsp3) is 0.467. The molecule has 3 amide bonds. The van der Waals surface area contributed by atoms with Gasteiger partial charge in [0, 0.05) is 32.7 Å². The topological polar surface area (TPSA) is 326 Å². The number of para-hydroxylation sites is 3. The summed E-state index contributed by atoms with van der Waals surface area (Å²) in [4.78, 5) is 70.8. The maximum Gasteiger partial charge on any atom is 0.407 e. The van der Waals surface area contributed by atoms with Crippen molar-refractivity contribution in [3.8, 4) is 17.2 Å². The fourth-order valence-corrected chi connectivity index (χ4v) is 11.9. The molecule has 0 aromatic heterocycles. The molecule has 0 aliphatic rings. The highest BCUT2D eigenvalue weighted by molar-refractivity contribution is 7.86. The van der Waals surface area contributed by atoms with Gasteiger partial charge >= 0.3 is 36.2 Å². The summed E-state index contributed by atoms with van der Waals surface area (Å²) in [6, 6.07) is 57.0. The number of carbonyl (C=O) groups excluding carboxylic acids is 5. The molecule has 0 heterocycles. The number of alkyl carbamates (subject to hydrolysis) is 3. The molecule has 630 valence electrons. The van der Waals surface area contributed by atoms with Crippen LogP contribution in [0.3, 0.4) is 0 Å². The lowest BCUT2D eigenvalue weighted by atomic mass is 10.1. The molecule has 25 heteroatoms. The lowest BCUT2D eigenvalue weighted by molar-refractivity contribution is -0.158. The van der Waals surface area contributed by atoms with Gasteiger partial charge in [0.1, 0.15) is 91.3 Å². The average molecular weight is 1610 g/mol. The van der Waals surface area contributed by atoms with Crippen molar-refractivity contribution in [2.45, 2.75) is 239 Å². The summed E-state index contributed by atoms with van der Waals surface area (Å²) in [5, 5.41) is 24.0. The summed E-state index contributed by atoms with van der Waals surface area (Å²) in [7, 11) is -3.85. The van der Waals surface area contributed by atoms with Crippen molar-refractivity contribution in [3.05, 3.63) is 227 Å². The average Bonchev–Trinajstić information content (AvgIpc) is 0.846. The number of esters is 2. The number of aliphatic carboxylic acids is 1. The normalized spacial score (nSPS) is 12.7. The Labute approximate surface area is 682 Å². The first-order valence-corrected chi connectivity index (χ1v) is 41.2. The molecular weight excluding hydrogens is 1490 g/mol. The Hall–Kier alpha value is -10.1. The van der Waals surface area contributed by atoms with E-state index in [2.05, 4.69) is 26.6 Å². The third-order valence-corrected chi connectivity index (χ3v) is 18.0. The van der Waals surface area contributed by atoms with E-state index >= 15 is 0 Å².